The van der Waals surface area contributed by atoms with Crippen molar-refractivity contribution in [3.8, 4) is 21.6 Å². The van der Waals surface area contributed by atoms with Crippen LogP contribution < -0.4 is 11.1 Å². The van der Waals surface area contributed by atoms with Gasteiger partial charge in [-0.25, -0.2) is 4.39 Å². The Balaban J connectivity index is 2.20. The molecule has 0 radical (unpaired) electrons. The predicted molar refractivity (Wildman–Crippen MR) is 94.1 cm³/mol. The van der Waals surface area contributed by atoms with E-state index in [9.17, 15) is 4.39 Å². The monoisotopic (exact) mass is 320 g/mol. The van der Waals surface area contributed by atoms with Crippen molar-refractivity contribution in [2.75, 3.05) is 5.73 Å². The van der Waals surface area contributed by atoms with Gasteiger partial charge in [0.2, 0.25) is 0 Å². The first-order valence-corrected chi connectivity index (χ1v) is 8.00. The summed E-state index contributed by atoms with van der Waals surface area (Å²) in [5.41, 5.74) is 9.45. The number of nitrogens with one attached hydrogen (secondary N) is 1. The second-order valence-corrected chi connectivity index (χ2v) is 6.54. The standard InChI is InChI=1S/C19H13FN2S/c20-12-3-1-2-11(8-12)19-15-6-4-13(21)9-17(15)23-18-10-14(22)5-7-16(18)19/h1-10,21H,22H2. The van der Waals surface area contributed by atoms with Gasteiger partial charge in [-0.15, -0.1) is 11.3 Å². The maximum Gasteiger partial charge on any atom is 0.123 e. The highest BCUT2D eigenvalue weighted by atomic mass is 32.1. The van der Waals surface area contributed by atoms with Crippen molar-refractivity contribution in [1.82, 2.24) is 0 Å². The summed E-state index contributed by atoms with van der Waals surface area (Å²) in [7, 11) is 0. The van der Waals surface area contributed by atoms with Gasteiger partial charge in [0.15, 0.2) is 0 Å². The van der Waals surface area contributed by atoms with Crippen molar-refractivity contribution in [3.63, 3.8) is 0 Å². The second kappa shape index (κ2) is 5.18. The van der Waals surface area contributed by atoms with Crippen LogP contribution in [-0.4, -0.2) is 0 Å². The predicted octanol–water partition coefficient (Wildman–Crippen LogP) is 4.87. The molecule has 1 heterocycles. The average Bonchev–Trinajstić information content (AvgIpc) is 2.52. The molecule has 0 saturated heterocycles. The number of nitrogen functional groups attached to an aromatic ring is 1. The lowest BCUT2D eigenvalue weighted by Crippen LogP contribution is -1.99. The molecule has 0 unspecified atom stereocenters. The number of benzene rings is 3. The molecule has 23 heavy (non-hydrogen) atoms. The van der Waals surface area contributed by atoms with Crippen molar-refractivity contribution in [2.45, 2.75) is 0 Å². The smallest absolute Gasteiger partial charge is 0.123 e. The first kappa shape index (κ1) is 13.9. The van der Waals surface area contributed by atoms with E-state index in [0.717, 1.165) is 31.7 Å². The van der Waals surface area contributed by atoms with Crippen LogP contribution in [0.4, 0.5) is 10.1 Å². The number of hydrogen-bond donors (Lipinski definition) is 2. The van der Waals surface area contributed by atoms with Gasteiger partial charge in [-0.1, -0.05) is 24.3 Å². The number of anilines is 1. The van der Waals surface area contributed by atoms with Gasteiger partial charge in [-0.05, 0) is 47.5 Å². The molecule has 0 spiro atoms. The van der Waals surface area contributed by atoms with E-state index in [4.69, 9.17) is 11.1 Å². The third-order valence-electron chi connectivity index (χ3n) is 3.86. The molecule has 0 bridgehead atoms. The van der Waals surface area contributed by atoms with Crippen LogP contribution in [0.25, 0.3) is 31.7 Å². The summed E-state index contributed by atoms with van der Waals surface area (Å²) in [4.78, 5) is 0.995. The Morgan fingerprint density at radius 2 is 1.83 bits per heavy atom. The summed E-state index contributed by atoms with van der Waals surface area (Å²) in [6, 6.07) is 17.9. The molecule has 4 heteroatoms. The lowest BCUT2D eigenvalue weighted by molar-refractivity contribution is 0.628. The number of hydrogen-bond acceptors (Lipinski definition) is 3. The molecule has 0 saturated carbocycles. The van der Waals surface area contributed by atoms with Crippen molar-refractivity contribution < 1.29 is 4.39 Å². The summed E-state index contributed by atoms with van der Waals surface area (Å²) in [6.07, 6.45) is 0. The maximum atomic E-state index is 13.7. The summed E-state index contributed by atoms with van der Waals surface area (Å²) >= 11 is 1.60. The van der Waals surface area contributed by atoms with Crippen molar-refractivity contribution in [1.29, 1.82) is 5.41 Å². The van der Waals surface area contributed by atoms with Crippen LogP contribution >= 0.6 is 11.3 Å². The van der Waals surface area contributed by atoms with Gasteiger partial charge in [-0.3, -0.25) is 0 Å². The fourth-order valence-corrected chi connectivity index (χ4v) is 4.04. The largest absolute Gasteiger partial charge is 0.399 e. The summed E-state index contributed by atoms with van der Waals surface area (Å²) < 4.78 is 14.8. The van der Waals surface area contributed by atoms with E-state index in [1.54, 1.807) is 29.5 Å². The van der Waals surface area contributed by atoms with Crippen molar-refractivity contribution in [3.05, 3.63) is 71.8 Å². The first-order valence-electron chi connectivity index (χ1n) is 7.18. The zero-order valence-electron chi connectivity index (χ0n) is 12.1. The Labute approximate surface area is 136 Å². The van der Waals surface area contributed by atoms with Gasteiger partial charge in [0, 0.05) is 26.2 Å². The van der Waals surface area contributed by atoms with Crippen LogP contribution in [0.5, 0.6) is 0 Å². The van der Waals surface area contributed by atoms with Crippen LogP contribution in [0.1, 0.15) is 0 Å². The molecule has 2 aromatic rings. The fraction of sp³-hybridized carbons (Fsp3) is 0. The van der Waals surface area contributed by atoms with Gasteiger partial charge in [0.25, 0.3) is 0 Å². The lowest BCUT2D eigenvalue weighted by atomic mass is 9.95. The summed E-state index contributed by atoms with van der Waals surface area (Å²) in [5, 5.41) is 9.36. The van der Waals surface area contributed by atoms with Gasteiger partial charge < -0.3 is 11.1 Å². The van der Waals surface area contributed by atoms with E-state index in [1.165, 1.54) is 6.07 Å². The van der Waals surface area contributed by atoms with Crippen LogP contribution in [-0.2, 0) is 0 Å². The Bertz CT molecular complexity index is 1070. The number of fused-ring (bicyclic) bond motifs is 2. The molecule has 1 aliphatic heterocycles. The Morgan fingerprint density at radius 1 is 0.957 bits per heavy atom. The third kappa shape index (κ3) is 2.37. The third-order valence-corrected chi connectivity index (χ3v) is 4.97. The molecule has 0 atom stereocenters. The molecule has 1 aliphatic carbocycles. The minimum atomic E-state index is -0.260. The highest BCUT2D eigenvalue weighted by molar-refractivity contribution is 7.21. The molecule has 3 N–H and O–H groups in total. The second-order valence-electron chi connectivity index (χ2n) is 5.45. The highest BCUT2D eigenvalue weighted by Gasteiger charge is 2.15. The lowest BCUT2D eigenvalue weighted by Gasteiger charge is -2.16. The number of nitrogens with two attached hydrogens (primary N) is 1. The zero-order valence-corrected chi connectivity index (χ0v) is 13.0. The van der Waals surface area contributed by atoms with E-state index in [-0.39, 0.29) is 5.82 Å². The van der Waals surface area contributed by atoms with E-state index in [2.05, 4.69) is 0 Å². The molecule has 2 nitrogen and oxygen atoms in total. The van der Waals surface area contributed by atoms with Gasteiger partial charge >= 0.3 is 0 Å². The first-order chi connectivity index (χ1) is 11.1. The van der Waals surface area contributed by atoms with E-state index in [1.807, 2.05) is 36.4 Å². The molecule has 0 fully saturated rings. The summed E-state index contributed by atoms with van der Waals surface area (Å²) in [6.45, 7) is 0. The highest BCUT2D eigenvalue weighted by Crippen LogP contribution is 2.43. The Morgan fingerprint density at radius 3 is 2.65 bits per heavy atom. The molecule has 112 valence electrons. The van der Waals surface area contributed by atoms with Crippen LogP contribution in [0.2, 0.25) is 0 Å². The summed E-state index contributed by atoms with van der Waals surface area (Å²) in [5.74, 6) is -0.260. The fourth-order valence-electron chi connectivity index (χ4n) is 2.86. The van der Waals surface area contributed by atoms with Crippen LogP contribution in [0.3, 0.4) is 0 Å². The van der Waals surface area contributed by atoms with Crippen LogP contribution in [0, 0.1) is 11.2 Å². The zero-order chi connectivity index (χ0) is 16.0. The maximum absolute atomic E-state index is 13.7. The molecule has 4 rings (SSSR count). The normalized spacial score (nSPS) is 11.2. The quantitative estimate of drug-likeness (QED) is 0.381. The van der Waals surface area contributed by atoms with Crippen molar-refractivity contribution in [2.24, 2.45) is 0 Å². The molecule has 2 aliphatic rings. The van der Waals surface area contributed by atoms with Gasteiger partial charge in [0.05, 0.1) is 5.36 Å². The minimum absolute atomic E-state index is 0.260. The topological polar surface area (TPSA) is 49.9 Å². The Hall–Kier alpha value is -2.72. The van der Waals surface area contributed by atoms with Crippen LogP contribution in [0.15, 0.2) is 60.7 Å². The average molecular weight is 320 g/mol. The molecule has 0 aromatic heterocycles. The van der Waals surface area contributed by atoms with E-state index >= 15 is 0 Å². The van der Waals surface area contributed by atoms with E-state index in [0.29, 0.717) is 11.0 Å². The van der Waals surface area contributed by atoms with Crippen molar-refractivity contribution >= 4 is 27.1 Å². The molecular formula is C19H13FN2S. The Kier molecular flexibility index (Phi) is 3.13. The van der Waals surface area contributed by atoms with Gasteiger partial charge in [0.1, 0.15) is 5.82 Å². The number of halogens is 1. The van der Waals surface area contributed by atoms with Gasteiger partial charge in [-0.2, -0.15) is 0 Å². The molecular weight excluding hydrogens is 307 g/mol. The molecule has 2 aromatic carbocycles. The van der Waals surface area contributed by atoms with E-state index < -0.39 is 0 Å². The SMILES string of the molecule is N=c1ccc2c(-c3cccc(F)c3)c3ccc(N)cc3sc-2c1. The minimum Gasteiger partial charge on any atom is -0.399 e. The number of rotatable bonds is 1. The molecule has 0 amide bonds.